The Balaban J connectivity index is 1.57. The Labute approximate surface area is 101 Å². The van der Waals surface area contributed by atoms with Gasteiger partial charge >= 0.3 is 0 Å². The molecule has 16 heavy (non-hydrogen) atoms. The Hall–Kier alpha value is -0.680. The maximum absolute atomic E-state index is 4.12. The largest absolute Gasteiger partial charge is 0.382 e. The van der Waals surface area contributed by atoms with E-state index in [9.17, 15) is 0 Å². The standard InChI is InChI=1S/C11H20N4S/c1-15-9-10(8-14-15)13-6-7-16-11-2-4-12-5-3-11/h8-9,11-13H,2-7H2,1H3. The van der Waals surface area contributed by atoms with Gasteiger partial charge in [0, 0.05) is 30.8 Å². The number of nitrogens with zero attached hydrogens (tertiary/aromatic N) is 2. The van der Waals surface area contributed by atoms with Gasteiger partial charge in [-0.05, 0) is 25.9 Å². The molecule has 1 saturated heterocycles. The van der Waals surface area contributed by atoms with Gasteiger partial charge in [-0.1, -0.05) is 0 Å². The highest BCUT2D eigenvalue weighted by Gasteiger charge is 2.12. The molecule has 2 heterocycles. The molecule has 0 spiro atoms. The zero-order valence-corrected chi connectivity index (χ0v) is 10.6. The Morgan fingerprint density at radius 1 is 1.56 bits per heavy atom. The van der Waals surface area contributed by atoms with Crippen LogP contribution < -0.4 is 10.6 Å². The van der Waals surface area contributed by atoms with E-state index >= 15 is 0 Å². The molecule has 90 valence electrons. The second-order valence-corrected chi connectivity index (χ2v) is 5.56. The van der Waals surface area contributed by atoms with Gasteiger partial charge in [-0.25, -0.2) is 0 Å². The summed E-state index contributed by atoms with van der Waals surface area (Å²) < 4.78 is 1.82. The summed E-state index contributed by atoms with van der Waals surface area (Å²) in [6.45, 7) is 3.40. The van der Waals surface area contributed by atoms with Crippen molar-refractivity contribution in [1.29, 1.82) is 0 Å². The fraction of sp³-hybridized carbons (Fsp3) is 0.727. The van der Waals surface area contributed by atoms with Crippen LogP contribution in [0.2, 0.25) is 0 Å². The molecule has 0 atom stereocenters. The minimum absolute atomic E-state index is 0.858. The van der Waals surface area contributed by atoms with Gasteiger partial charge in [0.1, 0.15) is 0 Å². The van der Waals surface area contributed by atoms with Gasteiger partial charge in [-0.15, -0.1) is 0 Å². The first-order valence-corrected chi connectivity index (χ1v) is 6.94. The van der Waals surface area contributed by atoms with E-state index in [1.807, 2.05) is 24.1 Å². The van der Waals surface area contributed by atoms with E-state index in [0.29, 0.717) is 0 Å². The average molecular weight is 240 g/mol. The van der Waals surface area contributed by atoms with E-state index in [-0.39, 0.29) is 0 Å². The van der Waals surface area contributed by atoms with Crippen molar-refractivity contribution in [3.63, 3.8) is 0 Å². The molecule has 0 saturated carbocycles. The predicted molar refractivity (Wildman–Crippen MR) is 70.0 cm³/mol. The quantitative estimate of drug-likeness (QED) is 0.762. The highest BCUT2D eigenvalue weighted by atomic mass is 32.2. The Morgan fingerprint density at radius 3 is 3.06 bits per heavy atom. The van der Waals surface area contributed by atoms with Crippen molar-refractivity contribution in [3.05, 3.63) is 12.4 Å². The van der Waals surface area contributed by atoms with E-state index in [1.54, 1.807) is 0 Å². The molecule has 1 fully saturated rings. The van der Waals surface area contributed by atoms with Gasteiger partial charge in [-0.3, -0.25) is 4.68 Å². The van der Waals surface area contributed by atoms with E-state index in [4.69, 9.17) is 0 Å². The summed E-state index contributed by atoms with van der Waals surface area (Å²) in [6.07, 6.45) is 6.51. The van der Waals surface area contributed by atoms with Crippen LogP contribution in [0.25, 0.3) is 0 Å². The topological polar surface area (TPSA) is 41.9 Å². The maximum Gasteiger partial charge on any atom is 0.0726 e. The second-order valence-electron chi connectivity index (χ2n) is 4.15. The number of anilines is 1. The third-order valence-corrected chi connectivity index (χ3v) is 4.16. The number of piperidine rings is 1. The Kier molecular flexibility index (Phi) is 4.54. The number of hydrogen-bond donors (Lipinski definition) is 2. The number of thioether (sulfide) groups is 1. The minimum Gasteiger partial charge on any atom is -0.382 e. The molecule has 0 bridgehead atoms. The summed E-state index contributed by atoms with van der Waals surface area (Å²) in [5.74, 6) is 1.18. The number of hydrogen-bond acceptors (Lipinski definition) is 4. The number of rotatable bonds is 5. The minimum atomic E-state index is 0.858. The van der Waals surface area contributed by atoms with Gasteiger partial charge in [0.25, 0.3) is 0 Å². The van der Waals surface area contributed by atoms with Crippen molar-refractivity contribution < 1.29 is 0 Å². The lowest BCUT2D eigenvalue weighted by Crippen LogP contribution is -2.29. The van der Waals surface area contributed by atoms with Crippen LogP contribution in [0.1, 0.15) is 12.8 Å². The Bertz CT molecular complexity index is 307. The molecule has 1 aromatic heterocycles. The third-order valence-electron chi connectivity index (χ3n) is 2.78. The van der Waals surface area contributed by atoms with Crippen LogP contribution in [-0.4, -0.2) is 40.4 Å². The summed E-state index contributed by atoms with van der Waals surface area (Å²) in [4.78, 5) is 0. The summed E-state index contributed by atoms with van der Waals surface area (Å²) >= 11 is 2.09. The fourth-order valence-electron chi connectivity index (χ4n) is 1.90. The van der Waals surface area contributed by atoms with Crippen molar-refractivity contribution in [3.8, 4) is 0 Å². The molecule has 5 heteroatoms. The second kappa shape index (κ2) is 6.15. The molecule has 0 radical (unpaired) electrons. The van der Waals surface area contributed by atoms with Crippen LogP contribution in [0.15, 0.2) is 12.4 Å². The molecule has 1 aliphatic rings. The number of aryl methyl sites for hydroxylation is 1. The first-order valence-electron chi connectivity index (χ1n) is 5.89. The Morgan fingerprint density at radius 2 is 2.38 bits per heavy atom. The van der Waals surface area contributed by atoms with Gasteiger partial charge in [0.2, 0.25) is 0 Å². The molecule has 1 aromatic rings. The molecule has 4 nitrogen and oxygen atoms in total. The van der Waals surface area contributed by atoms with Crippen molar-refractivity contribution in [1.82, 2.24) is 15.1 Å². The van der Waals surface area contributed by atoms with E-state index < -0.39 is 0 Å². The summed E-state index contributed by atoms with van der Waals surface area (Å²) in [7, 11) is 1.94. The van der Waals surface area contributed by atoms with Crippen LogP contribution in [-0.2, 0) is 7.05 Å². The normalized spacial score (nSPS) is 17.6. The van der Waals surface area contributed by atoms with E-state index in [1.165, 1.54) is 31.7 Å². The number of aromatic nitrogens is 2. The van der Waals surface area contributed by atoms with Crippen LogP contribution >= 0.6 is 11.8 Å². The van der Waals surface area contributed by atoms with E-state index in [2.05, 4.69) is 27.5 Å². The van der Waals surface area contributed by atoms with Gasteiger partial charge in [0.05, 0.1) is 11.9 Å². The molecule has 2 N–H and O–H groups in total. The molecular weight excluding hydrogens is 220 g/mol. The molecule has 0 aliphatic carbocycles. The van der Waals surface area contributed by atoms with Crippen LogP contribution in [0.4, 0.5) is 5.69 Å². The van der Waals surface area contributed by atoms with E-state index in [0.717, 1.165) is 17.5 Å². The summed E-state index contributed by atoms with van der Waals surface area (Å²) in [5, 5.41) is 11.8. The predicted octanol–water partition coefficient (Wildman–Crippen LogP) is 1.32. The zero-order chi connectivity index (χ0) is 11.2. The SMILES string of the molecule is Cn1cc(NCCSC2CCNCC2)cn1. The molecule has 0 unspecified atom stereocenters. The van der Waals surface area contributed by atoms with Gasteiger partial charge in [-0.2, -0.15) is 16.9 Å². The van der Waals surface area contributed by atoms with Crippen LogP contribution in [0, 0.1) is 0 Å². The lowest BCUT2D eigenvalue weighted by atomic mass is 10.2. The average Bonchev–Trinajstić information content (AvgIpc) is 2.72. The van der Waals surface area contributed by atoms with Crippen molar-refractivity contribution in [2.75, 3.05) is 30.7 Å². The monoisotopic (exact) mass is 240 g/mol. The molecule has 1 aliphatic heterocycles. The van der Waals surface area contributed by atoms with Crippen molar-refractivity contribution >= 4 is 17.4 Å². The number of nitrogens with one attached hydrogen (secondary N) is 2. The zero-order valence-electron chi connectivity index (χ0n) is 9.78. The molecule has 0 amide bonds. The van der Waals surface area contributed by atoms with Gasteiger partial charge < -0.3 is 10.6 Å². The molecular formula is C11H20N4S. The smallest absolute Gasteiger partial charge is 0.0726 e. The fourth-order valence-corrected chi connectivity index (χ4v) is 3.02. The summed E-state index contributed by atoms with van der Waals surface area (Å²) in [6, 6.07) is 0. The maximum atomic E-state index is 4.12. The highest BCUT2D eigenvalue weighted by Crippen LogP contribution is 2.19. The highest BCUT2D eigenvalue weighted by molar-refractivity contribution is 7.99. The lowest BCUT2D eigenvalue weighted by molar-refractivity contribution is 0.531. The first kappa shape index (κ1) is 11.8. The van der Waals surface area contributed by atoms with Gasteiger partial charge in [0.15, 0.2) is 0 Å². The summed E-state index contributed by atoms with van der Waals surface area (Å²) in [5.41, 5.74) is 1.12. The lowest BCUT2D eigenvalue weighted by Gasteiger charge is -2.21. The van der Waals surface area contributed by atoms with Crippen LogP contribution in [0.5, 0.6) is 0 Å². The van der Waals surface area contributed by atoms with Crippen LogP contribution in [0.3, 0.4) is 0 Å². The van der Waals surface area contributed by atoms with Crippen molar-refractivity contribution in [2.45, 2.75) is 18.1 Å². The van der Waals surface area contributed by atoms with Crippen molar-refractivity contribution in [2.24, 2.45) is 7.05 Å². The molecule has 0 aromatic carbocycles. The first-order chi connectivity index (χ1) is 7.84. The third kappa shape index (κ3) is 3.72. The molecule has 2 rings (SSSR count).